The number of nitriles is 1. The third kappa shape index (κ3) is 8.57. The average molecular weight is 540 g/mol. The number of benzene rings is 2. The van der Waals surface area contributed by atoms with Crippen LogP contribution in [0.25, 0.3) is 0 Å². The van der Waals surface area contributed by atoms with Gasteiger partial charge in [0.1, 0.15) is 18.5 Å². The molecule has 0 aliphatic carbocycles. The molecule has 2 atom stereocenters. The lowest BCUT2D eigenvalue weighted by molar-refractivity contribution is -0.138. The second-order valence-corrected chi connectivity index (χ2v) is 8.30. The molecule has 192 valence electrons. The number of aromatic hydroxyl groups is 1. The number of aliphatic imine (C=N–C) groups is 1. The van der Waals surface area contributed by atoms with E-state index < -0.39 is 37.2 Å². The molecular formula is C23H24Cl2FN5O5. The van der Waals surface area contributed by atoms with Gasteiger partial charge in [0.25, 0.3) is 5.91 Å². The summed E-state index contributed by atoms with van der Waals surface area (Å²) in [5, 5.41) is 44.9. The molecule has 2 aromatic rings. The molecule has 1 unspecified atom stereocenters. The average Bonchev–Trinajstić information content (AvgIpc) is 2.82. The largest absolute Gasteiger partial charge is 0.508 e. The van der Waals surface area contributed by atoms with Crippen molar-refractivity contribution in [1.82, 2.24) is 16.0 Å². The van der Waals surface area contributed by atoms with Gasteiger partial charge in [-0.25, -0.2) is 14.2 Å². The number of amides is 1. The van der Waals surface area contributed by atoms with E-state index in [2.05, 4.69) is 20.9 Å². The number of guanidine groups is 1. The van der Waals surface area contributed by atoms with Crippen molar-refractivity contribution in [3.05, 3.63) is 63.1 Å². The van der Waals surface area contributed by atoms with Crippen molar-refractivity contribution in [1.29, 1.82) is 5.26 Å². The Hall–Kier alpha value is -3.59. The summed E-state index contributed by atoms with van der Waals surface area (Å²) < 4.78 is 12.3. The summed E-state index contributed by atoms with van der Waals surface area (Å²) in [6.45, 7) is -1.36. The molecule has 0 saturated heterocycles. The first kappa shape index (κ1) is 28.6. The van der Waals surface area contributed by atoms with Crippen LogP contribution in [0, 0.1) is 11.5 Å². The molecule has 0 heterocycles. The second-order valence-electron chi connectivity index (χ2n) is 7.49. The first-order chi connectivity index (χ1) is 17.2. The molecule has 1 amide bonds. The fourth-order valence-corrected chi connectivity index (χ4v) is 3.85. The Morgan fingerprint density at radius 2 is 1.89 bits per heavy atom. The van der Waals surface area contributed by atoms with Crippen molar-refractivity contribution >= 4 is 41.0 Å². The van der Waals surface area contributed by atoms with Crippen LogP contribution in [0.4, 0.5) is 4.39 Å². The summed E-state index contributed by atoms with van der Waals surface area (Å²) in [4.78, 5) is 28.2. The number of nitrogens with one attached hydrogen (secondary N) is 3. The van der Waals surface area contributed by atoms with Crippen LogP contribution in [0.2, 0.25) is 10.0 Å². The van der Waals surface area contributed by atoms with E-state index in [0.29, 0.717) is 17.5 Å². The molecule has 36 heavy (non-hydrogen) atoms. The minimum absolute atomic E-state index is 0.0223. The Kier molecular flexibility index (Phi) is 11.2. The van der Waals surface area contributed by atoms with Gasteiger partial charge in [0.2, 0.25) is 5.96 Å². The van der Waals surface area contributed by atoms with Gasteiger partial charge in [0, 0.05) is 6.54 Å². The van der Waals surface area contributed by atoms with Crippen LogP contribution in [0.3, 0.4) is 0 Å². The summed E-state index contributed by atoms with van der Waals surface area (Å²) in [6, 6.07) is 7.72. The number of carbonyl (C=O) groups is 2. The zero-order valence-electron chi connectivity index (χ0n) is 18.8. The zero-order chi connectivity index (χ0) is 26.7. The van der Waals surface area contributed by atoms with Crippen molar-refractivity contribution < 1.29 is 29.3 Å². The van der Waals surface area contributed by atoms with E-state index in [1.807, 2.05) is 0 Å². The second kappa shape index (κ2) is 14.1. The smallest absolute Gasteiger partial charge is 0.328 e. The lowest BCUT2D eigenvalue weighted by Gasteiger charge is -2.16. The number of carboxylic acids is 1. The summed E-state index contributed by atoms with van der Waals surface area (Å²) >= 11 is 12.5. The van der Waals surface area contributed by atoms with E-state index in [1.165, 1.54) is 24.3 Å². The van der Waals surface area contributed by atoms with E-state index in [-0.39, 0.29) is 40.3 Å². The quantitative estimate of drug-likeness (QED) is 0.109. The van der Waals surface area contributed by atoms with Crippen molar-refractivity contribution in [3.63, 3.8) is 0 Å². The number of phenols is 1. The van der Waals surface area contributed by atoms with Crippen LogP contribution in [0.1, 0.15) is 34.0 Å². The van der Waals surface area contributed by atoms with Gasteiger partial charge in [0.15, 0.2) is 6.19 Å². The number of rotatable bonds is 11. The highest BCUT2D eigenvalue weighted by molar-refractivity contribution is 6.39. The standard InChI is InChI=1S/C23H24Cl2FN5O5/c24-16-8-13(4-5-19(33)14-2-1-3-15(32)10-14)9-17(25)20(16)21(34)31-18(22(35)36)11-29-23(30-12-27)28-7-6-26/h1-3,8-10,18-19,32-33H,4-7,11H2,(H,31,34)(H,35,36)(H2,28,29,30)/t18-,19?/m0/s1. The molecule has 2 rings (SSSR count). The fourth-order valence-electron chi connectivity index (χ4n) is 3.15. The Bertz CT molecular complexity index is 1130. The number of phenolic OH excluding ortho intramolecular Hbond substituents is 1. The number of hydrogen-bond acceptors (Lipinski definition) is 6. The van der Waals surface area contributed by atoms with Gasteiger partial charge < -0.3 is 26.0 Å². The van der Waals surface area contributed by atoms with Gasteiger partial charge in [-0.3, -0.25) is 10.1 Å². The topological polar surface area (TPSA) is 167 Å². The van der Waals surface area contributed by atoms with Gasteiger partial charge in [-0.15, -0.1) is 0 Å². The maximum atomic E-state index is 12.7. The maximum absolute atomic E-state index is 12.7. The van der Waals surface area contributed by atoms with Gasteiger partial charge in [0.05, 0.1) is 28.3 Å². The molecule has 10 nitrogen and oxygen atoms in total. The van der Waals surface area contributed by atoms with Crippen LogP contribution in [-0.4, -0.2) is 59.0 Å². The number of aliphatic carboxylic acids is 1. The minimum atomic E-state index is -1.50. The summed E-state index contributed by atoms with van der Waals surface area (Å²) in [6.07, 6.45) is 1.37. The molecule has 13 heteroatoms. The van der Waals surface area contributed by atoms with Crippen LogP contribution in [0.15, 0.2) is 41.4 Å². The Morgan fingerprint density at radius 3 is 2.47 bits per heavy atom. The van der Waals surface area contributed by atoms with E-state index in [4.69, 9.17) is 28.5 Å². The molecule has 2 aromatic carbocycles. The van der Waals surface area contributed by atoms with Crippen LogP contribution in [0.5, 0.6) is 5.75 Å². The van der Waals surface area contributed by atoms with Gasteiger partial charge in [-0.1, -0.05) is 35.3 Å². The predicted octanol–water partition coefficient (Wildman–Crippen LogP) is 2.53. The Balaban J connectivity index is 2.10. The summed E-state index contributed by atoms with van der Waals surface area (Å²) in [7, 11) is 0. The first-order valence-electron chi connectivity index (χ1n) is 10.6. The number of hydrogen-bond donors (Lipinski definition) is 6. The number of carbonyl (C=O) groups excluding carboxylic acids is 1. The summed E-state index contributed by atoms with van der Waals surface area (Å²) in [5.74, 6) is -2.37. The first-order valence-corrected chi connectivity index (χ1v) is 11.4. The van der Waals surface area contributed by atoms with E-state index in [1.54, 1.807) is 18.3 Å². The van der Waals surface area contributed by atoms with Gasteiger partial charge >= 0.3 is 5.97 Å². The van der Waals surface area contributed by atoms with Crippen molar-refractivity contribution in [3.8, 4) is 11.9 Å². The number of halogens is 3. The molecular weight excluding hydrogens is 516 g/mol. The van der Waals surface area contributed by atoms with E-state index in [0.717, 1.165) is 0 Å². The minimum Gasteiger partial charge on any atom is -0.508 e. The van der Waals surface area contributed by atoms with Crippen LogP contribution in [-0.2, 0) is 11.2 Å². The van der Waals surface area contributed by atoms with Gasteiger partial charge in [-0.2, -0.15) is 5.26 Å². The Labute approximate surface area is 216 Å². The third-order valence-corrected chi connectivity index (χ3v) is 5.48. The highest BCUT2D eigenvalue weighted by Gasteiger charge is 2.24. The fraction of sp³-hybridized carbons (Fsp3) is 0.304. The molecule has 0 saturated carbocycles. The Morgan fingerprint density at radius 1 is 1.19 bits per heavy atom. The van der Waals surface area contributed by atoms with Gasteiger partial charge in [-0.05, 0) is 48.2 Å². The van der Waals surface area contributed by atoms with Crippen LogP contribution < -0.4 is 16.0 Å². The highest BCUT2D eigenvalue weighted by Crippen LogP contribution is 2.29. The molecule has 0 fully saturated rings. The SMILES string of the molecule is N#CNC(=NC[C@H](NC(=O)c1c(Cl)cc(CCC(O)c2cccc(O)c2)cc1Cl)C(=O)O)NCCF. The normalized spacial score (nSPS) is 12.8. The molecule has 0 bridgehead atoms. The number of aliphatic hydroxyl groups is 1. The zero-order valence-corrected chi connectivity index (χ0v) is 20.4. The molecule has 0 aliphatic heterocycles. The van der Waals surface area contributed by atoms with Crippen molar-refractivity contribution in [2.75, 3.05) is 19.8 Å². The maximum Gasteiger partial charge on any atom is 0.328 e. The van der Waals surface area contributed by atoms with Crippen LogP contribution >= 0.6 is 23.2 Å². The van der Waals surface area contributed by atoms with E-state index >= 15 is 0 Å². The summed E-state index contributed by atoms with van der Waals surface area (Å²) in [5.41, 5.74) is 1.03. The highest BCUT2D eigenvalue weighted by atomic mass is 35.5. The van der Waals surface area contributed by atoms with E-state index in [9.17, 15) is 29.3 Å². The number of nitrogens with zero attached hydrogens (tertiary/aromatic N) is 2. The van der Waals surface area contributed by atoms with Crippen molar-refractivity contribution in [2.45, 2.75) is 25.0 Å². The lowest BCUT2D eigenvalue weighted by atomic mass is 10.00. The molecule has 0 radical (unpaired) electrons. The molecule has 0 aliphatic rings. The lowest BCUT2D eigenvalue weighted by Crippen LogP contribution is -2.44. The molecule has 0 spiro atoms. The predicted molar refractivity (Wildman–Crippen MR) is 132 cm³/mol. The van der Waals surface area contributed by atoms with Crippen molar-refractivity contribution in [2.24, 2.45) is 4.99 Å². The number of aliphatic hydroxyl groups excluding tert-OH is 1. The monoisotopic (exact) mass is 539 g/mol. The third-order valence-electron chi connectivity index (χ3n) is 4.89. The number of alkyl halides is 1. The molecule has 0 aromatic heterocycles. The number of carboxylic acid groups (broad SMARTS) is 1. The number of aryl methyl sites for hydroxylation is 1. The molecule has 6 N–H and O–H groups in total.